The van der Waals surface area contributed by atoms with Crippen molar-refractivity contribution >= 4 is 5.91 Å². The van der Waals surface area contributed by atoms with Crippen LogP contribution in [0.25, 0.3) is 0 Å². The van der Waals surface area contributed by atoms with E-state index in [4.69, 9.17) is 9.47 Å². The summed E-state index contributed by atoms with van der Waals surface area (Å²) in [6, 6.07) is 15.4. The van der Waals surface area contributed by atoms with Gasteiger partial charge in [-0.2, -0.15) is 0 Å². The first kappa shape index (κ1) is 17.3. The van der Waals surface area contributed by atoms with Gasteiger partial charge >= 0.3 is 0 Å². The molecule has 0 bridgehead atoms. The zero-order chi connectivity index (χ0) is 17.6. The van der Waals surface area contributed by atoms with Crippen LogP contribution in [0.1, 0.15) is 42.1 Å². The monoisotopic (exact) mass is 339 g/mol. The van der Waals surface area contributed by atoms with E-state index in [1.807, 2.05) is 55.5 Å². The summed E-state index contributed by atoms with van der Waals surface area (Å²) >= 11 is 0. The maximum atomic E-state index is 12.7. The molecule has 1 aliphatic carbocycles. The number of amides is 1. The number of ether oxygens (including phenoxy) is 2. The Labute approximate surface area is 149 Å². The van der Waals surface area contributed by atoms with Crippen LogP contribution < -0.4 is 14.8 Å². The minimum atomic E-state index is -0.0923. The van der Waals surface area contributed by atoms with Crippen molar-refractivity contribution in [2.24, 2.45) is 0 Å². The molecule has 1 amide bonds. The van der Waals surface area contributed by atoms with Crippen molar-refractivity contribution in [2.75, 3.05) is 7.11 Å². The fourth-order valence-electron chi connectivity index (χ4n) is 2.93. The van der Waals surface area contributed by atoms with Crippen LogP contribution in [0.4, 0.5) is 0 Å². The maximum Gasteiger partial charge on any atom is 0.255 e. The molecule has 3 rings (SSSR count). The number of rotatable bonds is 7. The molecule has 0 radical (unpaired) electrons. The van der Waals surface area contributed by atoms with Crippen molar-refractivity contribution < 1.29 is 14.3 Å². The van der Waals surface area contributed by atoms with E-state index >= 15 is 0 Å². The molecule has 0 spiro atoms. The quantitative estimate of drug-likeness (QED) is 0.830. The van der Waals surface area contributed by atoms with Crippen LogP contribution >= 0.6 is 0 Å². The van der Waals surface area contributed by atoms with Crippen molar-refractivity contribution in [3.8, 4) is 11.5 Å². The number of carbonyl (C=O) groups excluding carboxylic acids is 1. The average molecular weight is 339 g/mol. The number of para-hydroxylation sites is 1. The van der Waals surface area contributed by atoms with Crippen molar-refractivity contribution in [1.82, 2.24) is 5.32 Å². The Morgan fingerprint density at radius 1 is 1.20 bits per heavy atom. The summed E-state index contributed by atoms with van der Waals surface area (Å²) in [4.78, 5) is 12.7. The minimum Gasteiger partial charge on any atom is -0.497 e. The van der Waals surface area contributed by atoms with Crippen molar-refractivity contribution in [1.29, 1.82) is 0 Å². The van der Waals surface area contributed by atoms with Gasteiger partial charge in [0.05, 0.1) is 18.8 Å². The summed E-state index contributed by atoms with van der Waals surface area (Å²) in [6.45, 7) is 2.01. The third-order valence-corrected chi connectivity index (χ3v) is 4.53. The minimum absolute atomic E-state index is 0.0105. The van der Waals surface area contributed by atoms with E-state index in [2.05, 4.69) is 5.32 Å². The predicted octanol–water partition coefficient (Wildman–Crippen LogP) is 3.99. The van der Waals surface area contributed by atoms with Crippen molar-refractivity contribution in [2.45, 2.75) is 44.8 Å². The standard InChI is InChI=1S/C21H25NO3/c1-15(13-16-7-5-10-18(14-16)24-2)22-21(23)19-11-3-4-12-20(19)25-17-8-6-9-17/h3-5,7,10-12,14-15,17H,6,8-9,13H2,1-2H3,(H,22,23). The highest BCUT2D eigenvalue weighted by Crippen LogP contribution is 2.27. The van der Waals surface area contributed by atoms with E-state index in [9.17, 15) is 4.79 Å². The topological polar surface area (TPSA) is 47.6 Å². The fourth-order valence-corrected chi connectivity index (χ4v) is 2.93. The van der Waals surface area contributed by atoms with Gasteiger partial charge in [0.1, 0.15) is 11.5 Å². The third kappa shape index (κ3) is 4.53. The van der Waals surface area contributed by atoms with E-state index in [1.165, 1.54) is 6.42 Å². The van der Waals surface area contributed by atoms with E-state index in [-0.39, 0.29) is 18.1 Å². The first-order chi connectivity index (χ1) is 12.2. The Morgan fingerprint density at radius 2 is 2.00 bits per heavy atom. The molecule has 1 saturated carbocycles. The summed E-state index contributed by atoms with van der Waals surface area (Å²) < 4.78 is 11.2. The van der Waals surface area contributed by atoms with Gasteiger partial charge in [-0.3, -0.25) is 4.79 Å². The Balaban J connectivity index is 1.63. The lowest BCUT2D eigenvalue weighted by molar-refractivity contribution is 0.0915. The number of hydrogen-bond donors (Lipinski definition) is 1. The van der Waals surface area contributed by atoms with Gasteiger partial charge in [0.2, 0.25) is 0 Å². The zero-order valence-electron chi connectivity index (χ0n) is 14.8. The van der Waals surface area contributed by atoms with Gasteiger partial charge in [0, 0.05) is 6.04 Å². The van der Waals surface area contributed by atoms with Crippen LogP contribution in [-0.2, 0) is 6.42 Å². The molecule has 1 N–H and O–H groups in total. The second kappa shape index (κ2) is 8.06. The number of nitrogens with one attached hydrogen (secondary N) is 1. The van der Waals surface area contributed by atoms with Gasteiger partial charge in [0.25, 0.3) is 5.91 Å². The molecule has 132 valence electrons. The normalized spacial score (nSPS) is 15.1. The lowest BCUT2D eigenvalue weighted by Crippen LogP contribution is -2.35. The lowest BCUT2D eigenvalue weighted by atomic mass is 9.96. The Hall–Kier alpha value is -2.49. The summed E-state index contributed by atoms with van der Waals surface area (Å²) in [5, 5.41) is 3.07. The number of hydrogen-bond acceptors (Lipinski definition) is 3. The third-order valence-electron chi connectivity index (χ3n) is 4.53. The summed E-state index contributed by atoms with van der Waals surface area (Å²) in [6.07, 6.45) is 4.35. The number of benzene rings is 2. The summed E-state index contributed by atoms with van der Waals surface area (Å²) in [5.41, 5.74) is 1.73. The van der Waals surface area contributed by atoms with Gasteiger partial charge in [-0.25, -0.2) is 0 Å². The van der Waals surface area contributed by atoms with E-state index in [1.54, 1.807) is 7.11 Å². The molecule has 4 heteroatoms. The molecule has 25 heavy (non-hydrogen) atoms. The first-order valence-corrected chi connectivity index (χ1v) is 8.85. The summed E-state index contributed by atoms with van der Waals surface area (Å²) in [7, 11) is 1.66. The highest BCUT2D eigenvalue weighted by atomic mass is 16.5. The number of carbonyl (C=O) groups is 1. The van der Waals surface area contributed by atoms with Gasteiger partial charge in [-0.15, -0.1) is 0 Å². The van der Waals surface area contributed by atoms with E-state index < -0.39 is 0 Å². The molecule has 2 aromatic rings. The Bertz CT molecular complexity index is 725. The molecule has 0 saturated heterocycles. The molecule has 2 aromatic carbocycles. The average Bonchev–Trinajstić information content (AvgIpc) is 2.58. The SMILES string of the molecule is COc1cccc(CC(C)NC(=O)c2ccccc2OC2CCC2)c1. The van der Waals surface area contributed by atoms with Crippen LogP contribution in [0.2, 0.25) is 0 Å². The summed E-state index contributed by atoms with van der Waals surface area (Å²) in [5.74, 6) is 1.42. The molecule has 0 aromatic heterocycles. The molecular formula is C21H25NO3. The molecule has 1 fully saturated rings. The van der Waals surface area contributed by atoms with Crippen LogP contribution in [0, 0.1) is 0 Å². The Morgan fingerprint density at radius 3 is 2.72 bits per heavy atom. The second-order valence-electron chi connectivity index (χ2n) is 6.60. The highest BCUT2D eigenvalue weighted by molar-refractivity contribution is 5.97. The molecule has 1 unspecified atom stereocenters. The molecule has 1 atom stereocenters. The van der Waals surface area contributed by atoms with Gasteiger partial charge in [-0.1, -0.05) is 24.3 Å². The molecule has 1 aliphatic rings. The smallest absolute Gasteiger partial charge is 0.255 e. The Kier molecular flexibility index (Phi) is 5.59. The van der Waals surface area contributed by atoms with Crippen LogP contribution in [0.15, 0.2) is 48.5 Å². The largest absolute Gasteiger partial charge is 0.497 e. The second-order valence-corrected chi connectivity index (χ2v) is 6.60. The van der Waals surface area contributed by atoms with Crippen molar-refractivity contribution in [3.63, 3.8) is 0 Å². The maximum absolute atomic E-state index is 12.7. The first-order valence-electron chi connectivity index (χ1n) is 8.85. The molecule has 4 nitrogen and oxygen atoms in total. The van der Waals surface area contributed by atoms with Crippen LogP contribution in [0.3, 0.4) is 0 Å². The fraction of sp³-hybridized carbons (Fsp3) is 0.381. The highest BCUT2D eigenvalue weighted by Gasteiger charge is 2.22. The molecule has 0 aliphatic heterocycles. The molecule has 0 heterocycles. The predicted molar refractivity (Wildman–Crippen MR) is 98.3 cm³/mol. The van der Waals surface area contributed by atoms with E-state index in [0.29, 0.717) is 11.3 Å². The van der Waals surface area contributed by atoms with Gasteiger partial charge in [-0.05, 0) is 62.4 Å². The van der Waals surface area contributed by atoms with E-state index in [0.717, 1.165) is 30.6 Å². The van der Waals surface area contributed by atoms with Crippen molar-refractivity contribution in [3.05, 3.63) is 59.7 Å². The van der Waals surface area contributed by atoms with Gasteiger partial charge < -0.3 is 14.8 Å². The molecular weight excluding hydrogens is 314 g/mol. The van der Waals surface area contributed by atoms with Crippen LogP contribution in [-0.4, -0.2) is 25.2 Å². The number of methoxy groups -OCH3 is 1. The zero-order valence-corrected chi connectivity index (χ0v) is 14.8. The van der Waals surface area contributed by atoms with Gasteiger partial charge in [0.15, 0.2) is 0 Å². The lowest BCUT2D eigenvalue weighted by Gasteiger charge is -2.27. The van der Waals surface area contributed by atoms with Crippen LogP contribution in [0.5, 0.6) is 11.5 Å².